The maximum absolute atomic E-state index is 12.5. The van der Waals surface area contributed by atoms with E-state index >= 15 is 0 Å². The van der Waals surface area contributed by atoms with E-state index in [0.29, 0.717) is 12.3 Å². The summed E-state index contributed by atoms with van der Waals surface area (Å²) in [4.78, 5) is 30.1. The van der Waals surface area contributed by atoms with Gasteiger partial charge in [0.2, 0.25) is 11.8 Å². The van der Waals surface area contributed by atoms with Gasteiger partial charge in [0.05, 0.1) is 6.04 Å². The van der Waals surface area contributed by atoms with Crippen LogP contribution in [0.1, 0.15) is 38.8 Å². The third kappa shape index (κ3) is 3.15. The van der Waals surface area contributed by atoms with Gasteiger partial charge in [-0.1, -0.05) is 19.9 Å². The monoisotopic (exact) mass is 275 g/mol. The van der Waals surface area contributed by atoms with Crippen molar-refractivity contribution < 1.29 is 9.59 Å². The average Bonchev–Trinajstić information content (AvgIpc) is 2.42. The van der Waals surface area contributed by atoms with Crippen LogP contribution in [0.5, 0.6) is 0 Å². The normalized spacial score (nSPS) is 21.0. The summed E-state index contributed by atoms with van der Waals surface area (Å²) in [6.07, 6.45) is 4.10. The molecule has 1 N–H and O–H groups in total. The van der Waals surface area contributed by atoms with Crippen molar-refractivity contribution in [2.45, 2.75) is 39.3 Å². The molecule has 0 saturated carbocycles. The predicted molar refractivity (Wildman–Crippen MR) is 75.8 cm³/mol. The lowest BCUT2D eigenvalue weighted by Gasteiger charge is -2.37. The number of aromatic nitrogens is 1. The molecule has 1 aromatic heterocycles. The summed E-state index contributed by atoms with van der Waals surface area (Å²) < 4.78 is 0. The predicted octanol–water partition coefficient (Wildman–Crippen LogP) is 1.52. The number of pyridine rings is 1. The Morgan fingerprint density at radius 1 is 1.40 bits per heavy atom. The molecule has 1 fully saturated rings. The molecule has 5 heteroatoms. The first-order valence-electron chi connectivity index (χ1n) is 6.98. The van der Waals surface area contributed by atoms with Gasteiger partial charge in [0.1, 0.15) is 12.6 Å². The molecule has 5 nitrogen and oxygen atoms in total. The number of amides is 2. The van der Waals surface area contributed by atoms with Crippen molar-refractivity contribution in [1.29, 1.82) is 0 Å². The molecule has 0 radical (unpaired) electrons. The average molecular weight is 275 g/mol. The highest BCUT2D eigenvalue weighted by Gasteiger charge is 2.35. The van der Waals surface area contributed by atoms with E-state index in [4.69, 9.17) is 0 Å². The SMILES string of the molecule is CC(C)CC1NC(=O)CN(C(C)c2cccnc2)C1=O. The second-order valence-corrected chi connectivity index (χ2v) is 5.68. The minimum absolute atomic E-state index is 0.00495. The van der Waals surface area contributed by atoms with Crippen LogP contribution in [0.3, 0.4) is 0 Å². The second kappa shape index (κ2) is 6.03. The van der Waals surface area contributed by atoms with E-state index < -0.39 is 6.04 Å². The molecule has 2 heterocycles. The summed E-state index contributed by atoms with van der Waals surface area (Å²) in [5.74, 6) is 0.263. The van der Waals surface area contributed by atoms with E-state index in [2.05, 4.69) is 10.3 Å². The summed E-state index contributed by atoms with van der Waals surface area (Å²) in [6.45, 7) is 6.13. The van der Waals surface area contributed by atoms with E-state index in [0.717, 1.165) is 5.56 Å². The number of rotatable bonds is 4. The Labute approximate surface area is 119 Å². The second-order valence-electron chi connectivity index (χ2n) is 5.68. The summed E-state index contributed by atoms with van der Waals surface area (Å²) in [6, 6.07) is 3.22. The molecule has 1 aliphatic rings. The van der Waals surface area contributed by atoms with E-state index in [9.17, 15) is 9.59 Å². The van der Waals surface area contributed by atoms with Crippen LogP contribution in [-0.2, 0) is 9.59 Å². The molecule has 0 spiro atoms. The molecule has 0 bridgehead atoms. The number of carbonyl (C=O) groups excluding carboxylic acids is 2. The van der Waals surface area contributed by atoms with Crippen LogP contribution >= 0.6 is 0 Å². The first kappa shape index (κ1) is 14.5. The number of carbonyl (C=O) groups is 2. The highest BCUT2D eigenvalue weighted by Crippen LogP contribution is 2.23. The van der Waals surface area contributed by atoms with Crippen molar-refractivity contribution in [1.82, 2.24) is 15.2 Å². The van der Waals surface area contributed by atoms with Crippen molar-refractivity contribution in [3.05, 3.63) is 30.1 Å². The zero-order valence-corrected chi connectivity index (χ0v) is 12.2. The molecule has 0 aliphatic carbocycles. The fourth-order valence-electron chi connectivity index (χ4n) is 2.50. The Kier molecular flexibility index (Phi) is 4.37. The van der Waals surface area contributed by atoms with Gasteiger partial charge >= 0.3 is 0 Å². The van der Waals surface area contributed by atoms with Crippen LogP contribution in [0.4, 0.5) is 0 Å². The lowest BCUT2D eigenvalue weighted by Crippen LogP contribution is -2.58. The Bertz CT molecular complexity index is 487. The summed E-state index contributed by atoms with van der Waals surface area (Å²) >= 11 is 0. The molecular weight excluding hydrogens is 254 g/mol. The van der Waals surface area contributed by atoms with Crippen LogP contribution in [-0.4, -0.2) is 34.3 Å². The number of nitrogens with zero attached hydrogens (tertiary/aromatic N) is 2. The molecule has 108 valence electrons. The largest absolute Gasteiger partial charge is 0.343 e. The van der Waals surface area contributed by atoms with Crippen LogP contribution in [0.2, 0.25) is 0 Å². The van der Waals surface area contributed by atoms with Crippen LogP contribution in [0.15, 0.2) is 24.5 Å². The van der Waals surface area contributed by atoms with Crippen LogP contribution in [0.25, 0.3) is 0 Å². The molecule has 20 heavy (non-hydrogen) atoms. The van der Waals surface area contributed by atoms with Gasteiger partial charge in [-0.2, -0.15) is 0 Å². The van der Waals surface area contributed by atoms with Crippen molar-refractivity contribution in [2.24, 2.45) is 5.92 Å². The molecule has 2 rings (SSSR count). The molecular formula is C15H21N3O2. The fraction of sp³-hybridized carbons (Fsp3) is 0.533. The summed E-state index contributed by atoms with van der Waals surface area (Å²) in [5, 5.41) is 2.79. The Hall–Kier alpha value is -1.91. The van der Waals surface area contributed by atoms with Crippen molar-refractivity contribution in [3.8, 4) is 0 Å². The molecule has 1 aliphatic heterocycles. The Balaban J connectivity index is 2.17. The lowest BCUT2D eigenvalue weighted by atomic mass is 9.99. The zero-order chi connectivity index (χ0) is 14.7. The smallest absolute Gasteiger partial charge is 0.246 e. The van der Waals surface area contributed by atoms with E-state index in [-0.39, 0.29) is 24.4 Å². The van der Waals surface area contributed by atoms with E-state index in [1.807, 2.05) is 32.9 Å². The van der Waals surface area contributed by atoms with Gasteiger partial charge in [-0.3, -0.25) is 14.6 Å². The van der Waals surface area contributed by atoms with Crippen LogP contribution < -0.4 is 5.32 Å². The van der Waals surface area contributed by atoms with Gasteiger partial charge in [0.25, 0.3) is 0 Å². The molecule has 1 aromatic rings. The molecule has 2 unspecified atom stereocenters. The third-order valence-electron chi connectivity index (χ3n) is 3.57. The molecule has 0 aromatic carbocycles. The first-order chi connectivity index (χ1) is 9.49. The van der Waals surface area contributed by atoms with Crippen molar-refractivity contribution >= 4 is 11.8 Å². The van der Waals surface area contributed by atoms with Gasteiger partial charge in [-0.05, 0) is 30.9 Å². The maximum Gasteiger partial charge on any atom is 0.246 e. The number of hydrogen-bond donors (Lipinski definition) is 1. The number of nitrogens with one attached hydrogen (secondary N) is 1. The lowest BCUT2D eigenvalue weighted by molar-refractivity contribution is -0.146. The molecule has 1 saturated heterocycles. The molecule has 2 atom stereocenters. The highest BCUT2D eigenvalue weighted by molar-refractivity contribution is 5.95. The van der Waals surface area contributed by atoms with Gasteiger partial charge in [0.15, 0.2) is 0 Å². The quantitative estimate of drug-likeness (QED) is 0.906. The summed E-state index contributed by atoms with van der Waals surface area (Å²) in [7, 11) is 0. The summed E-state index contributed by atoms with van der Waals surface area (Å²) in [5.41, 5.74) is 0.943. The minimum Gasteiger partial charge on any atom is -0.343 e. The minimum atomic E-state index is -0.407. The van der Waals surface area contributed by atoms with Gasteiger partial charge < -0.3 is 10.2 Å². The Morgan fingerprint density at radius 3 is 2.75 bits per heavy atom. The fourth-order valence-corrected chi connectivity index (χ4v) is 2.50. The highest BCUT2D eigenvalue weighted by atomic mass is 16.2. The van der Waals surface area contributed by atoms with Crippen molar-refractivity contribution in [3.63, 3.8) is 0 Å². The van der Waals surface area contributed by atoms with E-state index in [1.54, 1.807) is 17.3 Å². The van der Waals surface area contributed by atoms with Gasteiger partial charge in [-0.15, -0.1) is 0 Å². The third-order valence-corrected chi connectivity index (χ3v) is 3.57. The Morgan fingerprint density at radius 2 is 2.15 bits per heavy atom. The van der Waals surface area contributed by atoms with Gasteiger partial charge in [-0.25, -0.2) is 0 Å². The maximum atomic E-state index is 12.5. The van der Waals surface area contributed by atoms with Crippen molar-refractivity contribution in [2.75, 3.05) is 6.54 Å². The van der Waals surface area contributed by atoms with Gasteiger partial charge in [0, 0.05) is 12.4 Å². The number of hydrogen-bond acceptors (Lipinski definition) is 3. The number of piperazine rings is 1. The van der Waals surface area contributed by atoms with E-state index in [1.165, 1.54) is 0 Å². The molecule has 2 amide bonds. The topological polar surface area (TPSA) is 62.3 Å². The zero-order valence-electron chi connectivity index (χ0n) is 12.2. The first-order valence-corrected chi connectivity index (χ1v) is 6.98. The standard InChI is InChI=1S/C15H21N3O2/c1-10(2)7-13-15(20)18(9-14(19)17-13)11(3)12-5-4-6-16-8-12/h4-6,8,10-11,13H,7,9H2,1-3H3,(H,17,19). The van der Waals surface area contributed by atoms with Crippen LogP contribution in [0, 0.1) is 5.92 Å².